The summed E-state index contributed by atoms with van der Waals surface area (Å²) in [4.78, 5) is 11.1. The first-order valence-corrected chi connectivity index (χ1v) is 6.33. The van der Waals surface area contributed by atoms with Gasteiger partial charge in [-0.15, -0.1) is 0 Å². The second-order valence-electron chi connectivity index (χ2n) is 4.90. The molecule has 0 bridgehead atoms. The van der Waals surface area contributed by atoms with Gasteiger partial charge in [-0.05, 0) is 37.5 Å². The van der Waals surface area contributed by atoms with Crippen molar-refractivity contribution in [3.63, 3.8) is 0 Å². The molecule has 0 saturated heterocycles. The lowest BCUT2D eigenvalue weighted by Crippen LogP contribution is -2.20. The first-order valence-electron chi connectivity index (χ1n) is 6.33. The maximum atomic E-state index is 11.1. The smallest absolute Gasteiger partial charge is 0.337 e. The summed E-state index contributed by atoms with van der Waals surface area (Å²) in [7, 11) is 0. The molecule has 0 aliphatic heterocycles. The summed E-state index contributed by atoms with van der Waals surface area (Å²) in [5.74, 6) is -0.338. The van der Waals surface area contributed by atoms with Crippen LogP contribution < -0.4 is 11.1 Å². The van der Waals surface area contributed by atoms with Crippen LogP contribution in [0.2, 0.25) is 0 Å². The fourth-order valence-electron chi connectivity index (χ4n) is 1.96. The van der Waals surface area contributed by atoms with Crippen molar-refractivity contribution < 1.29 is 9.90 Å². The molecule has 4 heteroatoms. The van der Waals surface area contributed by atoms with E-state index in [1.54, 1.807) is 12.1 Å². The SMILES string of the molecule is CCC(C)CC(C)Nc1ccc(N)cc1C(=O)O. The molecule has 0 radical (unpaired) electrons. The van der Waals surface area contributed by atoms with Crippen LogP contribution in [-0.4, -0.2) is 17.1 Å². The Balaban J connectivity index is 2.80. The fourth-order valence-corrected chi connectivity index (χ4v) is 1.96. The zero-order valence-corrected chi connectivity index (χ0v) is 11.2. The van der Waals surface area contributed by atoms with Gasteiger partial charge in [0.2, 0.25) is 0 Å². The van der Waals surface area contributed by atoms with Gasteiger partial charge in [-0.3, -0.25) is 0 Å². The zero-order chi connectivity index (χ0) is 13.7. The molecular weight excluding hydrogens is 228 g/mol. The van der Waals surface area contributed by atoms with Crippen LogP contribution in [-0.2, 0) is 0 Å². The van der Waals surface area contributed by atoms with Crippen LogP contribution in [0.1, 0.15) is 44.0 Å². The maximum Gasteiger partial charge on any atom is 0.337 e. The lowest BCUT2D eigenvalue weighted by atomic mass is 10.00. The third-order valence-electron chi connectivity index (χ3n) is 3.13. The zero-order valence-electron chi connectivity index (χ0n) is 11.2. The molecule has 0 heterocycles. The summed E-state index contributed by atoms with van der Waals surface area (Å²) in [5, 5.41) is 12.4. The molecule has 4 nitrogen and oxygen atoms in total. The topological polar surface area (TPSA) is 75.3 Å². The Morgan fingerprint density at radius 3 is 2.67 bits per heavy atom. The van der Waals surface area contributed by atoms with E-state index in [0.717, 1.165) is 12.8 Å². The number of aromatic carboxylic acids is 1. The minimum atomic E-state index is -0.958. The molecule has 100 valence electrons. The van der Waals surface area contributed by atoms with Crippen molar-refractivity contribution in [3.8, 4) is 0 Å². The van der Waals surface area contributed by atoms with Gasteiger partial charge in [0.15, 0.2) is 0 Å². The fraction of sp³-hybridized carbons (Fsp3) is 0.500. The number of rotatable bonds is 6. The number of anilines is 2. The molecule has 2 unspecified atom stereocenters. The Morgan fingerprint density at radius 1 is 1.44 bits per heavy atom. The van der Waals surface area contributed by atoms with Crippen molar-refractivity contribution >= 4 is 17.3 Å². The number of carboxylic acid groups (broad SMARTS) is 1. The van der Waals surface area contributed by atoms with Crippen molar-refractivity contribution in [3.05, 3.63) is 23.8 Å². The summed E-state index contributed by atoms with van der Waals surface area (Å²) in [6.07, 6.45) is 2.14. The Kier molecular flexibility index (Phi) is 5.01. The molecule has 0 aliphatic carbocycles. The van der Waals surface area contributed by atoms with Crippen LogP contribution in [0.5, 0.6) is 0 Å². The van der Waals surface area contributed by atoms with Crippen molar-refractivity contribution in [1.29, 1.82) is 0 Å². The molecule has 0 aromatic heterocycles. The van der Waals surface area contributed by atoms with Crippen LogP contribution in [0.4, 0.5) is 11.4 Å². The predicted molar refractivity (Wildman–Crippen MR) is 75.0 cm³/mol. The van der Waals surface area contributed by atoms with E-state index in [2.05, 4.69) is 26.1 Å². The standard InChI is InChI=1S/C14H22N2O2/c1-4-9(2)7-10(3)16-13-6-5-11(15)8-12(13)14(17)18/h5-6,8-10,16H,4,7,15H2,1-3H3,(H,17,18). The summed E-state index contributed by atoms with van der Waals surface area (Å²) in [6.45, 7) is 6.41. The summed E-state index contributed by atoms with van der Waals surface area (Å²) in [5.41, 5.74) is 6.93. The summed E-state index contributed by atoms with van der Waals surface area (Å²) >= 11 is 0. The monoisotopic (exact) mass is 250 g/mol. The van der Waals surface area contributed by atoms with Gasteiger partial charge in [0.1, 0.15) is 0 Å². The van der Waals surface area contributed by atoms with Crippen LogP contribution in [0, 0.1) is 5.92 Å². The van der Waals surface area contributed by atoms with Crippen molar-refractivity contribution in [1.82, 2.24) is 0 Å². The highest BCUT2D eigenvalue weighted by molar-refractivity contribution is 5.95. The first kappa shape index (κ1) is 14.4. The highest BCUT2D eigenvalue weighted by Gasteiger charge is 2.13. The molecule has 2 atom stereocenters. The van der Waals surface area contributed by atoms with E-state index >= 15 is 0 Å². The molecule has 0 amide bonds. The lowest BCUT2D eigenvalue weighted by molar-refractivity contribution is 0.0698. The van der Waals surface area contributed by atoms with E-state index in [1.807, 2.05) is 0 Å². The molecule has 4 N–H and O–H groups in total. The van der Waals surface area contributed by atoms with Crippen molar-refractivity contribution in [2.24, 2.45) is 5.92 Å². The number of nitrogens with two attached hydrogens (primary N) is 1. The van der Waals surface area contributed by atoms with E-state index < -0.39 is 5.97 Å². The van der Waals surface area contributed by atoms with E-state index in [9.17, 15) is 4.79 Å². The molecule has 18 heavy (non-hydrogen) atoms. The number of nitrogens with one attached hydrogen (secondary N) is 1. The van der Waals surface area contributed by atoms with Crippen LogP contribution >= 0.6 is 0 Å². The molecule has 0 saturated carbocycles. The Bertz CT molecular complexity index is 418. The number of carboxylic acids is 1. The maximum absolute atomic E-state index is 11.1. The van der Waals surface area contributed by atoms with Gasteiger partial charge in [-0.2, -0.15) is 0 Å². The van der Waals surface area contributed by atoms with E-state index in [-0.39, 0.29) is 11.6 Å². The summed E-state index contributed by atoms with van der Waals surface area (Å²) < 4.78 is 0. The Labute approximate surface area is 108 Å². The minimum Gasteiger partial charge on any atom is -0.478 e. The van der Waals surface area contributed by atoms with E-state index in [4.69, 9.17) is 10.8 Å². The molecule has 0 fully saturated rings. The average molecular weight is 250 g/mol. The second-order valence-corrected chi connectivity index (χ2v) is 4.90. The lowest BCUT2D eigenvalue weighted by Gasteiger charge is -2.20. The Morgan fingerprint density at radius 2 is 2.11 bits per heavy atom. The summed E-state index contributed by atoms with van der Waals surface area (Å²) in [6, 6.07) is 5.17. The van der Waals surface area contributed by atoms with Gasteiger partial charge in [-0.25, -0.2) is 4.79 Å². The highest BCUT2D eigenvalue weighted by atomic mass is 16.4. The third-order valence-corrected chi connectivity index (χ3v) is 3.13. The third kappa shape index (κ3) is 3.95. The normalized spacial score (nSPS) is 13.9. The largest absolute Gasteiger partial charge is 0.478 e. The minimum absolute atomic E-state index is 0.228. The van der Waals surface area contributed by atoms with Gasteiger partial charge < -0.3 is 16.2 Å². The number of hydrogen-bond acceptors (Lipinski definition) is 3. The van der Waals surface area contributed by atoms with Crippen LogP contribution in [0.15, 0.2) is 18.2 Å². The predicted octanol–water partition coefficient (Wildman–Crippen LogP) is 3.20. The molecule has 1 aromatic carbocycles. The second kappa shape index (κ2) is 6.28. The van der Waals surface area contributed by atoms with Crippen molar-refractivity contribution in [2.75, 3.05) is 11.1 Å². The molecular formula is C14H22N2O2. The molecule has 0 aliphatic rings. The van der Waals surface area contributed by atoms with E-state index in [1.165, 1.54) is 6.07 Å². The number of benzene rings is 1. The average Bonchev–Trinajstić information content (AvgIpc) is 2.30. The van der Waals surface area contributed by atoms with E-state index in [0.29, 0.717) is 17.3 Å². The highest BCUT2D eigenvalue weighted by Crippen LogP contribution is 2.21. The van der Waals surface area contributed by atoms with Gasteiger partial charge in [-0.1, -0.05) is 20.3 Å². The molecule has 0 spiro atoms. The van der Waals surface area contributed by atoms with Gasteiger partial charge in [0.25, 0.3) is 0 Å². The molecule has 1 aromatic rings. The number of carbonyl (C=O) groups is 1. The van der Waals surface area contributed by atoms with Crippen molar-refractivity contribution in [2.45, 2.75) is 39.7 Å². The number of hydrogen-bond donors (Lipinski definition) is 3. The van der Waals surface area contributed by atoms with Gasteiger partial charge in [0.05, 0.1) is 5.56 Å². The number of nitrogen functional groups attached to an aromatic ring is 1. The van der Waals surface area contributed by atoms with Gasteiger partial charge in [0, 0.05) is 17.4 Å². The van der Waals surface area contributed by atoms with Gasteiger partial charge >= 0.3 is 5.97 Å². The molecule has 1 rings (SSSR count). The van der Waals surface area contributed by atoms with Crippen LogP contribution in [0.3, 0.4) is 0 Å². The first-order chi connectivity index (χ1) is 8.43. The van der Waals surface area contributed by atoms with Crippen LogP contribution in [0.25, 0.3) is 0 Å². The Hall–Kier alpha value is -1.71. The quantitative estimate of drug-likeness (QED) is 0.678.